The van der Waals surface area contributed by atoms with Crippen molar-refractivity contribution < 1.29 is 14.1 Å². The molecule has 0 fully saturated rings. The zero-order chi connectivity index (χ0) is 14.7. The van der Waals surface area contributed by atoms with Crippen LogP contribution in [0.3, 0.4) is 0 Å². The number of hydrogen-bond acceptors (Lipinski definition) is 4. The van der Waals surface area contributed by atoms with Crippen LogP contribution in [0.4, 0.5) is 4.79 Å². The first-order valence-electron chi connectivity index (χ1n) is 6.31. The Morgan fingerprint density at radius 1 is 1.05 bits per heavy atom. The van der Waals surface area contributed by atoms with E-state index in [1.807, 2.05) is 42.5 Å². The minimum atomic E-state index is -0.868. The molecule has 0 aliphatic carbocycles. The van der Waals surface area contributed by atoms with Crippen LogP contribution in [0.5, 0.6) is 5.75 Å². The zero-order valence-electron chi connectivity index (χ0n) is 11.0. The maximum absolute atomic E-state index is 11.0. The van der Waals surface area contributed by atoms with Gasteiger partial charge in [-0.2, -0.15) is 0 Å². The SMILES string of the molecule is NC(=O)Oc1ccc(-c2ccccc2)cc1-c1ccon1. The van der Waals surface area contributed by atoms with Gasteiger partial charge in [-0.25, -0.2) is 4.79 Å². The Labute approximate surface area is 120 Å². The van der Waals surface area contributed by atoms with Crippen molar-refractivity contribution in [1.82, 2.24) is 5.16 Å². The van der Waals surface area contributed by atoms with Crippen molar-refractivity contribution in [3.05, 3.63) is 60.9 Å². The molecule has 0 saturated heterocycles. The number of ether oxygens (including phenoxy) is 1. The van der Waals surface area contributed by atoms with Crippen LogP contribution >= 0.6 is 0 Å². The smallest absolute Gasteiger partial charge is 0.409 e. The third kappa shape index (κ3) is 2.76. The van der Waals surface area contributed by atoms with Crippen LogP contribution in [0.25, 0.3) is 22.4 Å². The average Bonchev–Trinajstić information content (AvgIpc) is 3.02. The highest BCUT2D eigenvalue weighted by Gasteiger charge is 2.13. The highest BCUT2D eigenvalue weighted by atomic mass is 16.5. The maximum Gasteiger partial charge on any atom is 0.409 e. The van der Waals surface area contributed by atoms with E-state index in [0.717, 1.165) is 11.1 Å². The van der Waals surface area contributed by atoms with E-state index in [2.05, 4.69) is 5.16 Å². The summed E-state index contributed by atoms with van der Waals surface area (Å²) in [6.45, 7) is 0. The molecule has 5 heteroatoms. The van der Waals surface area contributed by atoms with Crippen molar-refractivity contribution in [3.8, 4) is 28.1 Å². The van der Waals surface area contributed by atoms with Crippen molar-refractivity contribution in [1.29, 1.82) is 0 Å². The molecule has 2 aromatic carbocycles. The fraction of sp³-hybridized carbons (Fsp3) is 0. The lowest BCUT2D eigenvalue weighted by Crippen LogP contribution is -2.16. The van der Waals surface area contributed by atoms with Gasteiger partial charge in [0.25, 0.3) is 0 Å². The molecule has 3 rings (SSSR count). The first-order chi connectivity index (χ1) is 10.2. The third-order valence-corrected chi connectivity index (χ3v) is 3.01. The van der Waals surface area contributed by atoms with Crippen LogP contribution in [-0.2, 0) is 0 Å². The second-order valence-corrected chi connectivity index (χ2v) is 4.38. The predicted molar refractivity (Wildman–Crippen MR) is 77.6 cm³/mol. The molecule has 0 spiro atoms. The summed E-state index contributed by atoms with van der Waals surface area (Å²) in [5.41, 5.74) is 8.33. The van der Waals surface area contributed by atoms with Gasteiger partial charge in [-0.05, 0) is 23.3 Å². The first-order valence-corrected chi connectivity index (χ1v) is 6.31. The molecule has 0 aliphatic rings. The monoisotopic (exact) mass is 280 g/mol. The molecule has 21 heavy (non-hydrogen) atoms. The number of benzene rings is 2. The quantitative estimate of drug-likeness (QED) is 0.796. The predicted octanol–water partition coefficient (Wildman–Crippen LogP) is 3.47. The van der Waals surface area contributed by atoms with Crippen molar-refractivity contribution in [2.75, 3.05) is 0 Å². The van der Waals surface area contributed by atoms with Gasteiger partial charge < -0.3 is 15.0 Å². The molecule has 0 aliphatic heterocycles. The van der Waals surface area contributed by atoms with Crippen molar-refractivity contribution in [2.24, 2.45) is 5.73 Å². The molecule has 0 atom stereocenters. The molecular formula is C16H12N2O3. The van der Waals surface area contributed by atoms with E-state index in [1.54, 1.807) is 12.1 Å². The highest BCUT2D eigenvalue weighted by Crippen LogP contribution is 2.33. The largest absolute Gasteiger partial charge is 0.410 e. The minimum Gasteiger partial charge on any atom is -0.410 e. The Kier molecular flexibility index (Phi) is 3.39. The van der Waals surface area contributed by atoms with Gasteiger partial charge in [-0.15, -0.1) is 0 Å². The molecule has 0 unspecified atom stereocenters. The van der Waals surface area contributed by atoms with E-state index in [9.17, 15) is 4.79 Å². The van der Waals surface area contributed by atoms with Gasteiger partial charge >= 0.3 is 6.09 Å². The fourth-order valence-electron chi connectivity index (χ4n) is 2.09. The molecule has 0 bridgehead atoms. The molecular weight excluding hydrogens is 268 g/mol. The molecule has 1 heterocycles. The lowest BCUT2D eigenvalue weighted by molar-refractivity contribution is 0.211. The van der Waals surface area contributed by atoms with Gasteiger partial charge in [0.2, 0.25) is 0 Å². The van der Waals surface area contributed by atoms with Crippen LogP contribution in [0, 0.1) is 0 Å². The Hall–Kier alpha value is -3.08. The number of nitrogens with two attached hydrogens (primary N) is 1. The fourth-order valence-corrected chi connectivity index (χ4v) is 2.09. The minimum absolute atomic E-state index is 0.344. The number of rotatable bonds is 3. The van der Waals surface area contributed by atoms with Gasteiger partial charge in [0.1, 0.15) is 17.7 Å². The Bertz CT molecular complexity index is 752. The molecule has 1 aromatic heterocycles. The topological polar surface area (TPSA) is 78.4 Å². The summed E-state index contributed by atoms with van der Waals surface area (Å²) in [5, 5.41) is 3.88. The number of aromatic nitrogens is 1. The van der Waals surface area contributed by atoms with Gasteiger partial charge in [-0.3, -0.25) is 0 Å². The maximum atomic E-state index is 11.0. The van der Waals surface area contributed by atoms with E-state index in [-0.39, 0.29) is 0 Å². The van der Waals surface area contributed by atoms with Crippen LogP contribution < -0.4 is 10.5 Å². The second kappa shape index (κ2) is 5.50. The summed E-state index contributed by atoms with van der Waals surface area (Å²) in [7, 11) is 0. The number of amides is 1. The van der Waals surface area contributed by atoms with E-state index in [1.165, 1.54) is 6.26 Å². The highest BCUT2D eigenvalue weighted by molar-refractivity contribution is 5.79. The van der Waals surface area contributed by atoms with E-state index < -0.39 is 6.09 Å². The number of nitrogens with zero attached hydrogens (tertiary/aromatic N) is 1. The molecule has 5 nitrogen and oxygen atoms in total. The molecule has 3 aromatic rings. The number of primary amides is 1. The normalized spacial score (nSPS) is 10.3. The number of hydrogen-bond donors (Lipinski definition) is 1. The van der Waals surface area contributed by atoms with Crippen LogP contribution in [0.15, 0.2) is 65.4 Å². The molecule has 104 valence electrons. The molecule has 0 saturated carbocycles. The number of carbonyl (C=O) groups excluding carboxylic acids is 1. The summed E-state index contributed by atoms with van der Waals surface area (Å²) in [6.07, 6.45) is 0.589. The zero-order valence-corrected chi connectivity index (χ0v) is 11.0. The Morgan fingerprint density at radius 2 is 1.86 bits per heavy atom. The van der Waals surface area contributed by atoms with Gasteiger partial charge in [0.15, 0.2) is 0 Å². The van der Waals surface area contributed by atoms with Gasteiger partial charge in [0.05, 0.1) is 0 Å². The Morgan fingerprint density at radius 3 is 2.52 bits per heavy atom. The lowest BCUT2D eigenvalue weighted by atomic mass is 10.0. The van der Waals surface area contributed by atoms with Crippen LogP contribution in [0.1, 0.15) is 0 Å². The summed E-state index contributed by atoms with van der Waals surface area (Å²) < 4.78 is 9.87. The summed E-state index contributed by atoms with van der Waals surface area (Å²) in [4.78, 5) is 11.0. The number of carbonyl (C=O) groups is 1. The first kappa shape index (κ1) is 12.9. The molecule has 2 N–H and O–H groups in total. The van der Waals surface area contributed by atoms with Crippen molar-refractivity contribution in [3.63, 3.8) is 0 Å². The molecule has 1 amide bonds. The van der Waals surface area contributed by atoms with Crippen LogP contribution in [0.2, 0.25) is 0 Å². The van der Waals surface area contributed by atoms with Gasteiger partial charge in [0, 0.05) is 11.6 Å². The van der Waals surface area contributed by atoms with Crippen molar-refractivity contribution >= 4 is 6.09 Å². The van der Waals surface area contributed by atoms with Crippen LogP contribution in [-0.4, -0.2) is 11.2 Å². The second-order valence-electron chi connectivity index (χ2n) is 4.38. The standard InChI is InChI=1S/C16H12N2O3/c17-16(19)21-15-7-6-12(11-4-2-1-3-5-11)10-13(15)14-8-9-20-18-14/h1-10H,(H2,17,19). The average molecular weight is 280 g/mol. The Balaban J connectivity index is 2.11. The summed E-state index contributed by atoms with van der Waals surface area (Å²) >= 11 is 0. The van der Waals surface area contributed by atoms with E-state index >= 15 is 0 Å². The molecule has 0 radical (unpaired) electrons. The lowest BCUT2D eigenvalue weighted by Gasteiger charge is -2.09. The van der Waals surface area contributed by atoms with E-state index in [0.29, 0.717) is 17.0 Å². The third-order valence-electron chi connectivity index (χ3n) is 3.01. The van der Waals surface area contributed by atoms with Crippen molar-refractivity contribution in [2.45, 2.75) is 0 Å². The summed E-state index contributed by atoms with van der Waals surface area (Å²) in [5.74, 6) is 0.344. The van der Waals surface area contributed by atoms with E-state index in [4.69, 9.17) is 15.0 Å². The summed E-state index contributed by atoms with van der Waals surface area (Å²) in [6, 6.07) is 17.0. The van der Waals surface area contributed by atoms with Gasteiger partial charge in [-0.1, -0.05) is 41.6 Å².